The second kappa shape index (κ2) is 8.69. The molecule has 2 aromatic carbocycles. The Labute approximate surface area is 165 Å². The lowest BCUT2D eigenvalue weighted by Crippen LogP contribution is -2.34. The van der Waals surface area contributed by atoms with Gasteiger partial charge in [-0.1, -0.05) is 47.1 Å². The standard InChI is InChI=1S/C22H25N3O3/c1-5-25(21(26)14-27-19-12-16(3)6-9-17(19)4)13-20-23-22(24-28-20)18-10-7-15(2)8-11-18/h6-12H,5,13-14H2,1-4H3. The Bertz CT molecular complexity index is 948. The van der Waals surface area contributed by atoms with Crippen molar-refractivity contribution < 1.29 is 14.1 Å². The normalized spacial score (nSPS) is 10.7. The third kappa shape index (κ3) is 4.76. The summed E-state index contributed by atoms with van der Waals surface area (Å²) in [6.07, 6.45) is 0. The molecule has 0 saturated carbocycles. The summed E-state index contributed by atoms with van der Waals surface area (Å²) in [7, 11) is 0. The van der Waals surface area contributed by atoms with Crippen LogP contribution in [0, 0.1) is 20.8 Å². The Kier molecular flexibility index (Phi) is 6.09. The minimum absolute atomic E-state index is 0.0307. The van der Waals surface area contributed by atoms with Crippen molar-refractivity contribution in [2.24, 2.45) is 0 Å². The van der Waals surface area contributed by atoms with Crippen molar-refractivity contribution in [3.8, 4) is 17.1 Å². The molecule has 0 atom stereocenters. The predicted octanol–water partition coefficient (Wildman–Crippen LogP) is 4.09. The number of rotatable bonds is 7. The number of amides is 1. The quantitative estimate of drug-likeness (QED) is 0.618. The van der Waals surface area contributed by atoms with Crippen LogP contribution in [0.3, 0.4) is 0 Å². The number of ether oxygens (including phenoxy) is 1. The molecule has 0 aliphatic rings. The highest BCUT2D eigenvalue weighted by molar-refractivity contribution is 5.77. The number of aryl methyl sites for hydroxylation is 3. The number of nitrogens with zero attached hydrogens (tertiary/aromatic N) is 3. The van der Waals surface area contributed by atoms with E-state index < -0.39 is 0 Å². The summed E-state index contributed by atoms with van der Waals surface area (Å²) in [6, 6.07) is 13.8. The van der Waals surface area contributed by atoms with Crippen molar-refractivity contribution in [2.45, 2.75) is 34.2 Å². The van der Waals surface area contributed by atoms with Crippen LogP contribution < -0.4 is 4.74 Å². The van der Waals surface area contributed by atoms with Gasteiger partial charge >= 0.3 is 0 Å². The first kappa shape index (κ1) is 19.6. The SMILES string of the molecule is CCN(Cc1nc(-c2ccc(C)cc2)no1)C(=O)COc1cc(C)ccc1C. The molecular formula is C22H25N3O3. The number of likely N-dealkylation sites (N-methyl/N-ethyl adjacent to an activating group) is 1. The van der Waals surface area contributed by atoms with Gasteiger partial charge in [0, 0.05) is 12.1 Å². The zero-order chi connectivity index (χ0) is 20.1. The van der Waals surface area contributed by atoms with Crippen LogP contribution in [-0.4, -0.2) is 34.1 Å². The third-order valence-electron chi connectivity index (χ3n) is 4.53. The van der Waals surface area contributed by atoms with Crippen LogP contribution in [0.2, 0.25) is 0 Å². The van der Waals surface area contributed by atoms with E-state index in [1.807, 2.05) is 70.2 Å². The monoisotopic (exact) mass is 379 g/mol. The molecule has 0 bridgehead atoms. The van der Waals surface area contributed by atoms with Gasteiger partial charge in [-0.15, -0.1) is 0 Å². The van der Waals surface area contributed by atoms with Crippen LogP contribution in [0.15, 0.2) is 47.0 Å². The average Bonchev–Trinajstić information content (AvgIpc) is 3.15. The van der Waals surface area contributed by atoms with Gasteiger partial charge < -0.3 is 14.2 Å². The summed E-state index contributed by atoms with van der Waals surface area (Å²) in [5.74, 6) is 1.52. The maximum absolute atomic E-state index is 12.6. The molecule has 28 heavy (non-hydrogen) atoms. The van der Waals surface area contributed by atoms with Gasteiger partial charge in [0.1, 0.15) is 12.3 Å². The van der Waals surface area contributed by atoms with E-state index >= 15 is 0 Å². The molecule has 0 fully saturated rings. The molecule has 1 heterocycles. The highest BCUT2D eigenvalue weighted by Crippen LogP contribution is 2.20. The fourth-order valence-corrected chi connectivity index (χ4v) is 2.77. The first-order valence-corrected chi connectivity index (χ1v) is 9.33. The van der Waals surface area contributed by atoms with E-state index in [-0.39, 0.29) is 19.1 Å². The first-order chi connectivity index (χ1) is 13.5. The number of aromatic nitrogens is 2. The molecular weight excluding hydrogens is 354 g/mol. The molecule has 6 heteroatoms. The Balaban J connectivity index is 1.62. The molecule has 0 saturated heterocycles. The minimum Gasteiger partial charge on any atom is -0.483 e. The van der Waals surface area contributed by atoms with E-state index in [9.17, 15) is 4.79 Å². The molecule has 0 N–H and O–H groups in total. The molecule has 1 amide bonds. The average molecular weight is 379 g/mol. The van der Waals surface area contributed by atoms with Crippen LogP contribution in [-0.2, 0) is 11.3 Å². The maximum Gasteiger partial charge on any atom is 0.260 e. The summed E-state index contributed by atoms with van der Waals surface area (Å²) in [5, 5.41) is 4.02. The van der Waals surface area contributed by atoms with E-state index in [0.717, 1.165) is 22.4 Å². The highest BCUT2D eigenvalue weighted by Gasteiger charge is 2.17. The summed E-state index contributed by atoms with van der Waals surface area (Å²) in [5.41, 5.74) is 4.14. The molecule has 0 unspecified atom stereocenters. The number of hydrogen-bond donors (Lipinski definition) is 0. The lowest BCUT2D eigenvalue weighted by atomic mass is 10.1. The first-order valence-electron chi connectivity index (χ1n) is 9.33. The third-order valence-corrected chi connectivity index (χ3v) is 4.53. The second-order valence-electron chi connectivity index (χ2n) is 6.84. The van der Waals surface area contributed by atoms with E-state index in [0.29, 0.717) is 18.3 Å². The van der Waals surface area contributed by atoms with Crippen LogP contribution in [0.1, 0.15) is 29.5 Å². The van der Waals surface area contributed by atoms with Gasteiger partial charge in [-0.3, -0.25) is 4.79 Å². The number of hydrogen-bond acceptors (Lipinski definition) is 5. The summed E-state index contributed by atoms with van der Waals surface area (Å²) in [6.45, 7) is 8.64. The topological polar surface area (TPSA) is 68.5 Å². The smallest absolute Gasteiger partial charge is 0.260 e. The van der Waals surface area contributed by atoms with Crippen LogP contribution >= 0.6 is 0 Å². The molecule has 3 rings (SSSR count). The number of carbonyl (C=O) groups is 1. The van der Waals surface area contributed by atoms with E-state index in [1.165, 1.54) is 5.56 Å². The maximum atomic E-state index is 12.6. The van der Waals surface area contributed by atoms with Crippen molar-refractivity contribution in [2.75, 3.05) is 13.2 Å². The Morgan fingerprint density at radius 3 is 2.50 bits per heavy atom. The van der Waals surface area contributed by atoms with Crippen molar-refractivity contribution in [3.63, 3.8) is 0 Å². The van der Waals surface area contributed by atoms with Crippen molar-refractivity contribution in [3.05, 3.63) is 65.0 Å². The van der Waals surface area contributed by atoms with E-state index in [2.05, 4.69) is 10.1 Å². The number of carbonyl (C=O) groups excluding carboxylic acids is 1. The zero-order valence-corrected chi connectivity index (χ0v) is 16.7. The van der Waals surface area contributed by atoms with Gasteiger partial charge in [-0.2, -0.15) is 4.98 Å². The highest BCUT2D eigenvalue weighted by atomic mass is 16.5. The number of benzene rings is 2. The van der Waals surface area contributed by atoms with Gasteiger partial charge in [0.2, 0.25) is 11.7 Å². The Hall–Kier alpha value is -3.15. The van der Waals surface area contributed by atoms with E-state index in [4.69, 9.17) is 9.26 Å². The molecule has 0 aliphatic carbocycles. The summed E-state index contributed by atoms with van der Waals surface area (Å²) >= 11 is 0. The molecule has 1 aromatic heterocycles. The fourth-order valence-electron chi connectivity index (χ4n) is 2.77. The minimum atomic E-state index is -0.126. The molecule has 0 radical (unpaired) electrons. The lowest BCUT2D eigenvalue weighted by Gasteiger charge is -2.19. The Morgan fingerprint density at radius 2 is 1.79 bits per heavy atom. The predicted molar refractivity (Wildman–Crippen MR) is 107 cm³/mol. The van der Waals surface area contributed by atoms with Crippen molar-refractivity contribution >= 4 is 5.91 Å². The fraction of sp³-hybridized carbons (Fsp3) is 0.318. The molecule has 0 aliphatic heterocycles. The van der Waals surface area contributed by atoms with Crippen LogP contribution in [0.4, 0.5) is 0 Å². The largest absolute Gasteiger partial charge is 0.483 e. The Morgan fingerprint density at radius 1 is 1.07 bits per heavy atom. The van der Waals surface area contributed by atoms with Crippen molar-refractivity contribution in [1.82, 2.24) is 15.0 Å². The van der Waals surface area contributed by atoms with Crippen molar-refractivity contribution in [1.29, 1.82) is 0 Å². The second-order valence-corrected chi connectivity index (χ2v) is 6.84. The van der Waals surface area contributed by atoms with Gasteiger partial charge in [-0.05, 0) is 44.9 Å². The lowest BCUT2D eigenvalue weighted by molar-refractivity contribution is -0.134. The summed E-state index contributed by atoms with van der Waals surface area (Å²) in [4.78, 5) is 18.6. The van der Waals surface area contributed by atoms with Gasteiger partial charge in [0.25, 0.3) is 5.91 Å². The molecule has 6 nitrogen and oxygen atoms in total. The van der Waals surface area contributed by atoms with Gasteiger partial charge in [0.05, 0.1) is 0 Å². The molecule has 0 spiro atoms. The van der Waals surface area contributed by atoms with Gasteiger partial charge in [-0.25, -0.2) is 0 Å². The molecule has 146 valence electrons. The van der Waals surface area contributed by atoms with E-state index in [1.54, 1.807) is 4.90 Å². The zero-order valence-electron chi connectivity index (χ0n) is 16.7. The van der Waals surface area contributed by atoms with Crippen LogP contribution in [0.5, 0.6) is 5.75 Å². The van der Waals surface area contributed by atoms with Gasteiger partial charge in [0.15, 0.2) is 6.61 Å². The van der Waals surface area contributed by atoms with Crippen LogP contribution in [0.25, 0.3) is 11.4 Å². The molecule has 3 aromatic rings. The summed E-state index contributed by atoms with van der Waals surface area (Å²) < 4.78 is 11.1.